The van der Waals surface area contributed by atoms with E-state index in [1.807, 2.05) is 6.92 Å². The Kier molecular flexibility index (Phi) is 6.84. The number of carbonyl (C=O) groups is 1. The molecule has 0 aromatic heterocycles. The summed E-state index contributed by atoms with van der Waals surface area (Å²) in [6, 6.07) is 8.02. The van der Waals surface area contributed by atoms with E-state index < -0.39 is 10.1 Å². The lowest BCUT2D eigenvalue weighted by Crippen LogP contribution is -2.15. The number of alkyl halides is 1. The molecular weight excluding hydrogens is 432 g/mol. The van der Waals surface area contributed by atoms with E-state index in [9.17, 15) is 13.2 Å². The minimum atomic E-state index is -4.14. The average molecular weight is 453 g/mol. The molecule has 0 N–H and O–H groups in total. The molecule has 27 heavy (non-hydrogen) atoms. The maximum absolute atomic E-state index is 12.9. The van der Waals surface area contributed by atoms with Gasteiger partial charge in [0.2, 0.25) is 0 Å². The summed E-state index contributed by atoms with van der Waals surface area (Å²) in [5.41, 5.74) is 2.28. The van der Waals surface area contributed by atoms with Crippen molar-refractivity contribution in [3.05, 3.63) is 65.2 Å². The van der Waals surface area contributed by atoms with Gasteiger partial charge in [-0.1, -0.05) is 46.3 Å². The summed E-state index contributed by atoms with van der Waals surface area (Å²) in [7, 11) is -4.14. The van der Waals surface area contributed by atoms with Crippen LogP contribution in [-0.2, 0) is 10.1 Å². The van der Waals surface area contributed by atoms with Gasteiger partial charge in [0.25, 0.3) is 0 Å². The number of carbonyl (C=O) groups excluding carboxylic acids is 1. The van der Waals surface area contributed by atoms with Gasteiger partial charge in [0.15, 0.2) is 11.5 Å². The molecule has 0 aliphatic heterocycles. The molecule has 2 aromatic rings. The summed E-state index contributed by atoms with van der Waals surface area (Å²) in [6.45, 7) is 9.13. The minimum Gasteiger partial charge on any atom is -0.489 e. The monoisotopic (exact) mass is 452 g/mol. The van der Waals surface area contributed by atoms with Crippen LogP contribution in [0, 0.1) is 20.8 Å². The van der Waals surface area contributed by atoms with Gasteiger partial charge < -0.3 is 8.92 Å². The van der Waals surface area contributed by atoms with Crippen molar-refractivity contribution in [3.8, 4) is 11.5 Å². The number of Topliss-reactive ketones (excluding diaryl/α,β-unsaturated/α-hetero) is 1. The zero-order chi connectivity index (χ0) is 20.2. The fourth-order valence-corrected chi connectivity index (χ4v) is 4.51. The first kappa shape index (κ1) is 21.2. The molecule has 0 amide bonds. The van der Waals surface area contributed by atoms with Gasteiger partial charge in [-0.15, -0.1) is 0 Å². The van der Waals surface area contributed by atoms with Gasteiger partial charge in [0.05, 0.1) is 10.9 Å². The average Bonchev–Trinajstić information content (AvgIpc) is 2.57. The number of benzene rings is 2. The van der Waals surface area contributed by atoms with Gasteiger partial charge in [-0.05, 0) is 44.0 Å². The van der Waals surface area contributed by atoms with Gasteiger partial charge in [-0.25, -0.2) is 0 Å². The SMILES string of the molecule is C=CCOc1ccc(C(=O)CBr)c(OS(=O)(=O)c2c(C)cc(C)cc2C)c1. The molecule has 0 bridgehead atoms. The van der Waals surface area contributed by atoms with Crippen molar-refractivity contribution in [1.29, 1.82) is 0 Å². The standard InChI is InChI=1S/C20H21BrO5S/c1-5-8-25-16-6-7-17(18(22)12-21)19(11-16)26-27(23,24)20-14(3)9-13(2)10-15(20)4/h5-7,9-11H,1,8,12H2,2-4H3. The number of rotatable bonds is 8. The lowest BCUT2D eigenvalue weighted by atomic mass is 10.1. The predicted molar refractivity (Wildman–Crippen MR) is 109 cm³/mol. The minimum absolute atomic E-state index is 0.0405. The molecule has 7 heteroatoms. The quantitative estimate of drug-likeness (QED) is 0.254. The fourth-order valence-electron chi connectivity index (χ4n) is 2.84. The van der Waals surface area contributed by atoms with Crippen molar-refractivity contribution in [2.45, 2.75) is 25.7 Å². The molecule has 2 aromatic carbocycles. The van der Waals surface area contributed by atoms with Crippen LogP contribution in [-0.4, -0.2) is 26.1 Å². The van der Waals surface area contributed by atoms with E-state index in [0.717, 1.165) is 5.56 Å². The van der Waals surface area contributed by atoms with Crippen molar-refractivity contribution in [3.63, 3.8) is 0 Å². The van der Waals surface area contributed by atoms with Crippen molar-refractivity contribution in [2.75, 3.05) is 11.9 Å². The second-order valence-corrected chi connectivity index (χ2v) is 8.12. The van der Waals surface area contributed by atoms with E-state index in [0.29, 0.717) is 16.9 Å². The molecule has 0 aliphatic carbocycles. The summed E-state index contributed by atoms with van der Waals surface area (Å²) in [4.78, 5) is 12.3. The lowest BCUT2D eigenvalue weighted by molar-refractivity contribution is 0.102. The molecule has 0 spiro atoms. The van der Waals surface area contributed by atoms with Gasteiger partial charge in [0, 0.05) is 6.07 Å². The molecule has 144 valence electrons. The summed E-state index contributed by atoms with van der Waals surface area (Å²) in [5, 5.41) is 0.0405. The molecule has 0 saturated carbocycles. The third-order valence-electron chi connectivity index (χ3n) is 3.80. The second-order valence-electron chi connectivity index (χ2n) is 6.08. The van der Waals surface area contributed by atoms with Crippen LogP contribution >= 0.6 is 15.9 Å². The third kappa shape index (κ3) is 4.99. The molecule has 0 radical (unpaired) electrons. The molecule has 0 saturated heterocycles. The van der Waals surface area contributed by atoms with E-state index in [-0.39, 0.29) is 33.9 Å². The summed E-state index contributed by atoms with van der Waals surface area (Å²) in [6.07, 6.45) is 1.56. The number of halogens is 1. The molecule has 0 unspecified atom stereocenters. The summed E-state index contributed by atoms with van der Waals surface area (Å²) in [5.74, 6) is 0.0109. The zero-order valence-electron chi connectivity index (χ0n) is 15.4. The van der Waals surface area contributed by atoms with Crippen LogP contribution in [0.5, 0.6) is 11.5 Å². The van der Waals surface area contributed by atoms with Gasteiger partial charge >= 0.3 is 10.1 Å². The maximum Gasteiger partial charge on any atom is 0.339 e. The highest BCUT2D eigenvalue weighted by atomic mass is 79.9. The number of aryl methyl sites for hydroxylation is 3. The van der Waals surface area contributed by atoms with Crippen molar-refractivity contribution < 1.29 is 22.1 Å². The predicted octanol–water partition coefficient (Wildman–Crippen LogP) is 4.52. The van der Waals surface area contributed by atoms with E-state index in [1.54, 1.807) is 38.1 Å². The first-order chi connectivity index (χ1) is 12.7. The van der Waals surface area contributed by atoms with Crippen molar-refractivity contribution in [2.24, 2.45) is 0 Å². The molecule has 0 aliphatic rings. The van der Waals surface area contributed by atoms with E-state index in [1.165, 1.54) is 12.1 Å². The number of hydrogen-bond acceptors (Lipinski definition) is 5. The van der Waals surface area contributed by atoms with Gasteiger partial charge in [-0.3, -0.25) is 4.79 Å². The molecule has 0 heterocycles. The highest BCUT2D eigenvalue weighted by Crippen LogP contribution is 2.31. The Hall–Kier alpha value is -2.12. The fraction of sp³-hybridized carbons (Fsp3) is 0.250. The highest BCUT2D eigenvalue weighted by Gasteiger charge is 2.25. The smallest absolute Gasteiger partial charge is 0.339 e. The maximum atomic E-state index is 12.9. The van der Waals surface area contributed by atoms with Crippen LogP contribution in [0.25, 0.3) is 0 Å². The van der Waals surface area contributed by atoms with E-state index in [4.69, 9.17) is 8.92 Å². The van der Waals surface area contributed by atoms with E-state index in [2.05, 4.69) is 22.5 Å². The largest absolute Gasteiger partial charge is 0.489 e. The van der Waals surface area contributed by atoms with Crippen LogP contribution < -0.4 is 8.92 Å². The molecule has 0 atom stereocenters. The first-order valence-electron chi connectivity index (χ1n) is 8.19. The van der Waals surface area contributed by atoms with Crippen LogP contribution in [0.1, 0.15) is 27.0 Å². The Labute approximate surface area is 168 Å². The van der Waals surface area contributed by atoms with Gasteiger partial charge in [0.1, 0.15) is 17.3 Å². The van der Waals surface area contributed by atoms with Crippen LogP contribution in [0.2, 0.25) is 0 Å². The number of ether oxygens (including phenoxy) is 1. The number of hydrogen-bond donors (Lipinski definition) is 0. The Balaban J connectivity index is 2.53. The van der Waals surface area contributed by atoms with Crippen LogP contribution in [0.15, 0.2) is 47.9 Å². The van der Waals surface area contributed by atoms with Gasteiger partial charge in [-0.2, -0.15) is 8.42 Å². The zero-order valence-corrected chi connectivity index (χ0v) is 17.8. The van der Waals surface area contributed by atoms with Crippen LogP contribution in [0.4, 0.5) is 0 Å². The Morgan fingerprint density at radius 2 is 1.78 bits per heavy atom. The Morgan fingerprint density at radius 3 is 2.33 bits per heavy atom. The Morgan fingerprint density at radius 1 is 1.15 bits per heavy atom. The lowest BCUT2D eigenvalue weighted by Gasteiger charge is -2.15. The molecule has 5 nitrogen and oxygen atoms in total. The molecular formula is C20H21BrO5S. The topological polar surface area (TPSA) is 69.7 Å². The number of ketones is 1. The normalized spacial score (nSPS) is 11.1. The highest BCUT2D eigenvalue weighted by molar-refractivity contribution is 9.09. The third-order valence-corrected chi connectivity index (χ3v) is 5.85. The summed E-state index contributed by atoms with van der Waals surface area (Å²) < 4.78 is 36.7. The Bertz CT molecular complexity index is 957. The van der Waals surface area contributed by atoms with E-state index >= 15 is 0 Å². The molecule has 0 fully saturated rings. The van der Waals surface area contributed by atoms with Crippen LogP contribution in [0.3, 0.4) is 0 Å². The first-order valence-corrected chi connectivity index (χ1v) is 10.7. The van der Waals surface area contributed by atoms with Crippen molar-refractivity contribution >= 4 is 31.8 Å². The van der Waals surface area contributed by atoms with Crippen molar-refractivity contribution in [1.82, 2.24) is 0 Å². The second kappa shape index (κ2) is 8.71. The molecule has 2 rings (SSSR count). The summed E-state index contributed by atoms with van der Waals surface area (Å²) >= 11 is 3.10.